The van der Waals surface area contributed by atoms with Crippen molar-refractivity contribution >= 4 is 23.9 Å². The number of amides is 1. The van der Waals surface area contributed by atoms with Crippen LogP contribution < -0.4 is 14.8 Å². The van der Waals surface area contributed by atoms with E-state index in [1.807, 2.05) is 18.2 Å². The summed E-state index contributed by atoms with van der Waals surface area (Å²) in [5.41, 5.74) is 0.998. The molecule has 3 heterocycles. The van der Waals surface area contributed by atoms with E-state index in [0.29, 0.717) is 48.4 Å². The number of aliphatic imine (C=N–C) groups is 2. The molecular formula is C29H38N6O4. The number of morpholine rings is 1. The molecule has 0 radical (unpaired) electrons. The second-order valence-corrected chi connectivity index (χ2v) is 10.2. The van der Waals surface area contributed by atoms with Crippen LogP contribution in [-0.4, -0.2) is 92.1 Å². The van der Waals surface area contributed by atoms with Gasteiger partial charge in [0.05, 0.1) is 44.9 Å². The van der Waals surface area contributed by atoms with Crippen LogP contribution in [0.4, 0.5) is 5.69 Å². The van der Waals surface area contributed by atoms with Crippen molar-refractivity contribution in [2.75, 3.05) is 53.0 Å². The lowest BCUT2D eigenvalue weighted by atomic mass is 9.85. The number of hydrogen-bond acceptors (Lipinski definition) is 8. The van der Waals surface area contributed by atoms with Gasteiger partial charge in [-0.05, 0) is 55.9 Å². The molecule has 1 unspecified atom stereocenters. The quantitative estimate of drug-likeness (QED) is 0.283. The van der Waals surface area contributed by atoms with E-state index in [4.69, 9.17) is 19.2 Å². The summed E-state index contributed by atoms with van der Waals surface area (Å²) in [7, 11) is 1.60. The van der Waals surface area contributed by atoms with Gasteiger partial charge in [-0.15, -0.1) is 0 Å². The van der Waals surface area contributed by atoms with Gasteiger partial charge in [-0.25, -0.2) is 4.99 Å². The first kappa shape index (κ1) is 27.1. The number of methoxy groups -OCH3 is 1. The predicted octanol–water partition coefficient (Wildman–Crippen LogP) is 3.51. The average molecular weight is 535 g/mol. The molecule has 5 rings (SSSR count). The third-order valence-electron chi connectivity index (χ3n) is 7.39. The number of aromatic nitrogens is 1. The van der Waals surface area contributed by atoms with Crippen LogP contribution in [0.15, 0.2) is 52.7 Å². The lowest BCUT2D eigenvalue weighted by Gasteiger charge is -2.37. The Morgan fingerprint density at radius 3 is 2.90 bits per heavy atom. The van der Waals surface area contributed by atoms with Gasteiger partial charge in [0.15, 0.2) is 11.5 Å². The van der Waals surface area contributed by atoms with E-state index in [2.05, 4.69) is 20.2 Å². The van der Waals surface area contributed by atoms with Crippen LogP contribution >= 0.6 is 0 Å². The van der Waals surface area contributed by atoms with Crippen molar-refractivity contribution in [3.8, 4) is 11.5 Å². The lowest BCUT2D eigenvalue weighted by Crippen LogP contribution is -2.45. The molecule has 2 aliphatic heterocycles. The highest BCUT2D eigenvalue weighted by Crippen LogP contribution is 2.37. The first-order valence-corrected chi connectivity index (χ1v) is 13.9. The van der Waals surface area contributed by atoms with Gasteiger partial charge in [-0.3, -0.25) is 25.0 Å². The van der Waals surface area contributed by atoms with Crippen LogP contribution in [0.1, 0.15) is 42.5 Å². The van der Waals surface area contributed by atoms with Gasteiger partial charge in [-0.1, -0.05) is 12.5 Å². The van der Waals surface area contributed by atoms with Gasteiger partial charge in [0.2, 0.25) is 5.96 Å². The summed E-state index contributed by atoms with van der Waals surface area (Å²) in [4.78, 5) is 30.3. The van der Waals surface area contributed by atoms with Crippen molar-refractivity contribution in [3.05, 3.63) is 48.3 Å². The van der Waals surface area contributed by atoms with Gasteiger partial charge in [0.1, 0.15) is 5.69 Å². The van der Waals surface area contributed by atoms with Gasteiger partial charge in [0.25, 0.3) is 5.91 Å². The zero-order chi connectivity index (χ0) is 26.9. The second kappa shape index (κ2) is 13.5. The van der Waals surface area contributed by atoms with E-state index in [9.17, 15) is 4.79 Å². The number of pyridine rings is 1. The van der Waals surface area contributed by atoms with Crippen molar-refractivity contribution in [2.24, 2.45) is 15.9 Å². The number of guanidine groups is 1. The third kappa shape index (κ3) is 7.33. The fourth-order valence-electron chi connectivity index (χ4n) is 5.05. The fraction of sp³-hybridized carbons (Fsp3) is 0.517. The number of benzene rings is 1. The SMILES string of the molecule is COc1c(N=C(NC(=O)c2cccnc2)N2C=NCC2)cccc1OCCCC1CN(CC2CCC2)CCO1. The predicted molar refractivity (Wildman–Crippen MR) is 150 cm³/mol. The lowest BCUT2D eigenvalue weighted by molar-refractivity contribution is -0.0414. The Morgan fingerprint density at radius 1 is 1.23 bits per heavy atom. The zero-order valence-corrected chi connectivity index (χ0v) is 22.6. The summed E-state index contributed by atoms with van der Waals surface area (Å²) < 4.78 is 17.9. The Kier molecular flexibility index (Phi) is 9.39. The van der Waals surface area contributed by atoms with Gasteiger partial charge in [-0.2, -0.15) is 0 Å². The minimum absolute atomic E-state index is 0.258. The van der Waals surface area contributed by atoms with Gasteiger partial charge >= 0.3 is 0 Å². The van der Waals surface area contributed by atoms with Gasteiger partial charge in [0, 0.05) is 38.6 Å². The molecule has 208 valence electrons. The molecule has 3 aliphatic rings. The maximum Gasteiger partial charge on any atom is 0.259 e. The van der Waals surface area contributed by atoms with E-state index in [-0.39, 0.29) is 12.0 Å². The number of nitrogens with one attached hydrogen (secondary N) is 1. The van der Waals surface area contributed by atoms with E-state index < -0.39 is 0 Å². The molecule has 1 saturated heterocycles. The minimum Gasteiger partial charge on any atom is -0.491 e. The largest absolute Gasteiger partial charge is 0.491 e. The Labute approximate surface area is 230 Å². The molecule has 2 aromatic rings. The Balaban J connectivity index is 1.20. The number of carbonyl (C=O) groups excluding carboxylic acids is 1. The molecule has 1 amide bonds. The Morgan fingerprint density at radius 2 is 2.15 bits per heavy atom. The van der Waals surface area contributed by atoms with Crippen LogP contribution in [0.2, 0.25) is 0 Å². The highest BCUT2D eigenvalue weighted by Gasteiger charge is 2.25. The molecule has 0 bridgehead atoms. The maximum absolute atomic E-state index is 12.8. The molecule has 1 N–H and O–H groups in total. The maximum atomic E-state index is 12.8. The number of carbonyl (C=O) groups is 1. The molecule has 1 saturated carbocycles. The molecule has 0 spiro atoms. The van der Waals surface area contributed by atoms with Crippen LogP contribution in [0.25, 0.3) is 0 Å². The van der Waals surface area contributed by atoms with E-state index in [0.717, 1.165) is 38.5 Å². The summed E-state index contributed by atoms with van der Waals surface area (Å²) in [6, 6.07) is 9.01. The van der Waals surface area contributed by atoms with E-state index in [1.54, 1.807) is 36.7 Å². The molecule has 1 atom stereocenters. The molecule has 2 fully saturated rings. The van der Waals surface area contributed by atoms with Crippen molar-refractivity contribution in [1.29, 1.82) is 0 Å². The second-order valence-electron chi connectivity index (χ2n) is 10.2. The van der Waals surface area contributed by atoms with Crippen LogP contribution in [0.3, 0.4) is 0 Å². The fourth-order valence-corrected chi connectivity index (χ4v) is 5.05. The summed E-state index contributed by atoms with van der Waals surface area (Å²) in [5, 5.41) is 2.90. The molecular weight excluding hydrogens is 496 g/mol. The van der Waals surface area contributed by atoms with E-state index >= 15 is 0 Å². The summed E-state index contributed by atoms with van der Waals surface area (Å²) in [6.07, 6.45) is 11.1. The third-order valence-corrected chi connectivity index (χ3v) is 7.39. The Bertz CT molecular complexity index is 1150. The molecule has 39 heavy (non-hydrogen) atoms. The van der Waals surface area contributed by atoms with Crippen molar-refractivity contribution < 1.29 is 19.0 Å². The smallest absolute Gasteiger partial charge is 0.259 e. The Hall–Kier alpha value is -3.50. The number of rotatable bonds is 10. The van der Waals surface area contributed by atoms with E-state index in [1.165, 1.54) is 32.0 Å². The van der Waals surface area contributed by atoms with Gasteiger partial charge < -0.3 is 19.1 Å². The minimum atomic E-state index is -0.301. The highest BCUT2D eigenvalue weighted by molar-refractivity contribution is 6.08. The summed E-state index contributed by atoms with van der Waals surface area (Å²) in [6.45, 7) is 5.88. The molecule has 1 aromatic carbocycles. The molecule has 10 nitrogen and oxygen atoms in total. The van der Waals surface area contributed by atoms with Crippen LogP contribution in [-0.2, 0) is 4.74 Å². The first-order chi connectivity index (χ1) is 19.2. The molecule has 1 aliphatic carbocycles. The van der Waals surface area contributed by atoms with Crippen molar-refractivity contribution in [2.45, 2.75) is 38.2 Å². The van der Waals surface area contributed by atoms with Crippen molar-refractivity contribution in [1.82, 2.24) is 20.1 Å². The zero-order valence-electron chi connectivity index (χ0n) is 22.6. The molecule has 1 aromatic heterocycles. The highest BCUT2D eigenvalue weighted by atomic mass is 16.5. The van der Waals surface area contributed by atoms with Crippen molar-refractivity contribution in [3.63, 3.8) is 0 Å². The van der Waals surface area contributed by atoms with Crippen LogP contribution in [0, 0.1) is 5.92 Å². The number of nitrogens with zero attached hydrogens (tertiary/aromatic N) is 5. The topological polar surface area (TPSA) is 101 Å². The number of hydrogen-bond donors (Lipinski definition) is 1. The summed E-state index contributed by atoms with van der Waals surface area (Å²) >= 11 is 0. The normalized spacial score (nSPS) is 20.1. The average Bonchev–Trinajstić information content (AvgIpc) is 3.49. The standard InChI is InChI=1S/C29H38N6O4/c1-37-27-25(32-29(35-14-13-31-21-35)33-28(36)23-8-4-12-30-18-23)10-3-11-26(27)39-16-5-9-24-20-34(15-17-38-24)19-22-6-2-7-22/h3-4,8,10-12,18,21-22,24H,2,5-7,9,13-17,19-20H2,1H3,(H,32,33,36). The monoisotopic (exact) mass is 534 g/mol. The van der Waals surface area contributed by atoms with Crippen LogP contribution in [0.5, 0.6) is 11.5 Å². The number of ether oxygens (including phenoxy) is 3. The first-order valence-electron chi connectivity index (χ1n) is 13.9. The number of para-hydroxylation sites is 1. The molecule has 10 heteroatoms. The summed E-state index contributed by atoms with van der Waals surface area (Å²) in [5.74, 6) is 2.08.